The second kappa shape index (κ2) is 6.40. The molecule has 0 aromatic heterocycles. The first kappa shape index (κ1) is 14.5. The van der Waals surface area contributed by atoms with Gasteiger partial charge in [-0.2, -0.15) is 0 Å². The topological polar surface area (TPSA) is 49.6 Å². The largest absolute Gasteiger partial charge is 0.365 e. The summed E-state index contributed by atoms with van der Waals surface area (Å²) < 4.78 is 0. The fourth-order valence-corrected chi connectivity index (χ4v) is 1.58. The fraction of sp³-hybridized carbons (Fsp3) is 0.500. The van der Waals surface area contributed by atoms with Gasteiger partial charge >= 0.3 is 0 Å². The van der Waals surface area contributed by atoms with Crippen molar-refractivity contribution < 1.29 is 4.79 Å². The lowest BCUT2D eigenvalue weighted by atomic mass is 10.2. The summed E-state index contributed by atoms with van der Waals surface area (Å²) in [5, 5.41) is 0. The van der Waals surface area contributed by atoms with Crippen molar-refractivity contribution in [1.82, 2.24) is 4.90 Å². The van der Waals surface area contributed by atoms with Crippen LogP contribution in [-0.2, 0) is 11.3 Å². The highest BCUT2D eigenvalue weighted by molar-refractivity contribution is 5.81. The van der Waals surface area contributed by atoms with Crippen LogP contribution < -0.4 is 10.6 Å². The molecule has 1 aromatic rings. The molecule has 2 N–H and O–H groups in total. The molecule has 0 spiro atoms. The van der Waals surface area contributed by atoms with Crippen molar-refractivity contribution in [2.75, 3.05) is 25.5 Å². The molecular weight excluding hydrogens is 226 g/mol. The number of hydrogen-bond acceptors (Lipinski definition) is 3. The van der Waals surface area contributed by atoms with Gasteiger partial charge < -0.3 is 15.5 Å². The Morgan fingerprint density at radius 1 is 1.22 bits per heavy atom. The molecule has 4 heteroatoms. The van der Waals surface area contributed by atoms with E-state index in [1.807, 2.05) is 57.1 Å². The molecule has 0 bridgehead atoms. The molecule has 4 nitrogen and oxygen atoms in total. The number of carbonyl (C=O) groups is 1. The van der Waals surface area contributed by atoms with Gasteiger partial charge in [0.05, 0.1) is 6.54 Å². The zero-order valence-corrected chi connectivity index (χ0v) is 11.7. The first-order valence-corrected chi connectivity index (χ1v) is 6.21. The van der Waals surface area contributed by atoms with Gasteiger partial charge in [0.2, 0.25) is 5.91 Å². The minimum Gasteiger partial charge on any atom is -0.365 e. The number of nitrogens with two attached hydrogens (primary N) is 1. The maximum atomic E-state index is 12.0. The minimum atomic E-state index is 0.121. The van der Waals surface area contributed by atoms with Crippen LogP contribution in [0.1, 0.15) is 19.4 Å². The summed E-state index contributed by atoms with van der Waals surface area (Å²) >= 11 is 0. The van der Waals surface area contributed by atoms with Crippen molar-refractivity contribution in [3.05, 3.63) is 29.8 Å². The quantitative estimate of drug-likeness (QED) is 0.859. The van der Waals surface area contributed by atoms with Crippen molar-refractivity contribution >= 4 is 11.6 Å². The van der Waals surface area contributed by atoms with Crippen LogP contribution in [0.5, 0.6) is 0 Å². The van der Waals surface area contributed by atoms with E-state index in [0.29, 0.717) is 13.1 Å². The Balaban J connectivity index is 2.64. The second-order valence-electron chi connectivity index (χ2n) is 4.83. The third-order valence-electron chi connectivity index (χ3n) is 3.15. The third-order valence-corrected chi connectivity index (χ3v) is 3.15. The standard InChI is InChI=1S/C14H23N3O/c1-11(2)17(4)14(18)10-16(3)13-7-5-12(9-15)6-8-13/h5-8,11H,9-10,15H2,1-4H3. The van der Waals surface area contributed by atoms with E-state index in [4.69, 9.17) is 5.73 Å². The predicted molar refractivity (Wildman–Crippen MR) is 75.5 cm³/mol. The molecule has 0 heterocycles. The van der Waals surface area contributed by atoms with E-state index in [9.17, 15) is 4.79 Å². The first-order chi connectivity index (χ1) is 8.45. The van der Waals surface area contributed by atoms with E-state index < -0.39 is 0 Å². The highest BCUT2D eigenvalue weighted by Crippen LogP contribution is 2.13. The van der Waals surface area contributed by atoms with Gasteiger partial charge in [0.25, 0.3) is 0 Å². The summed E-state index contributed by atoms with van der Waals surface area (Å²) in [5.41, 5.74) is 7.68. The number of carbonyl (C=O) groups excluding carboxylic acids is 1. The number of likely N-dealkylation sites (N-methyl/N-ethyl adjacent to an activating group) is 2. The van der Waals surface area contributed by atoms with Gasteiger partial charge in [0, 0.05) is 32.4 Å². The molecule has 0 aliphatic carbocycles. The Bertz CT molecular complexity index is 387. The van der Waals surface area contributed by atoms with Gasteiger partial charge in [-0.3, -0.25) is 4.79 Å². The number of amides is 1. The van der Waals surface area contributed by atoms with E-state index in [1.165, 1.54) is 0 Å². The molecule has 0 atom stereocenters. The number of hydrogen-bond donors (Lipinski definition) is 1. The molecule has 0 fully saturated rings. The van der Waals surface area contributed by atoms with E-state index >= 15 is 0 Å². The zero-order chi connectivity index (χ0) is 13.7. The molecule has 1 aromatic carbocycles. The van der Waals surface area contributed by atoms with E-state index in [1.54, 1.807) is 4.90 Å². The molecular formula is C14H23N3O. The third kappa shape index (κ3) is 3.74. The average Bonchev–Trinajstić information content (AvgIpc) is 2.37. The van der Waals surface area contributed by atoms with Crippen molar-refractivity contribution in [3.8, 4) is 0 Å². The van der Waals surface area contributed by atoms with E-state index in [-0.39, 0.29) is 11.9 Å². The number of anilines is 1. The number of rotatable bonds is 5. The first-order valence-electron chi connectivity index (χ1n) is 6.21. The lowest BCUT2D eigenvalue weighted by molar-refractivity contribution is -0.129. The summed E-state index contributed by atoms with van der Waals surface area (Å²) in [6.45, 7) is 4.94. The van der Waals surface area contributed by atoms with Crippen molar-refractivity contribution in [3.63, 3.8) is 0 Å². The van der Waals surface area contributed by atoms with Crippen LogP contribution in [0.2, 0.25) is 0 Å². The summed E-state index contributed by atoms with van der Waals surface area (Å²) in [5.74, 6) is 0.121. The fourth-order valence-electron chi connectivity index (χ4n) is 1.58. The Labute approximate surface area is 109 Å². The lowest BCUT2D eigenvalue weighted by Crippen LogP contribution is -2.40. The van der Waals surface area contributed by atoms with Gasteiger partial charge in [-0.25, -0.2) is 0 Å². The van der Waals surface area contributed by atoms with Gasteiger partial charge in [-0.05, 0) is 31.5 Å². The van der Waals surface area contributed by atoms with Gasteiger partial charge in [-0.1, -0.05) is 12.1 Å². The molecule has 18 heavy (non-hydrogen) atoms. The van der Waals surface area contributed by atoms with Crippen LogP contribution in [0.25, 0.3) is 0 Å². The molecule has 1 rings (SSSR count). The second-order valence-corrected chi connectivity index (χ2v) is 4.83. The van der Waals surface area contributed by atoms with Crippen LogP contribution in [0, 0.1) is 0 Å². The van der Waals surface area contributed by atoms with Crippen molar-refractivity contribution in [2.45, 2.75) is 26.4 Å². The maximum Gasteiger partial charge on any atom is 0.242 e. The molecule has 0 aliphatic rings. The SMILES string of the molecule is CC(C)N(C)C(=O)CN(C)c1ccc(CN)cc1. The van der Waals surface area contributed by atoms with Crippen molar-refractivity contribution in [1.29, 1.82) is 0 Å². The zero-order valence-electron chi connectivity index (χ0n) is 11.7. The van der Waals surface area contributed by atoms with Crippen molar-refractivity contribution in [2.24, 2.45) is 5.73 Å². The van der Waals surface area contributed by atoms with Crippen LogP contribution in [0.15, 0.2) is 24.3 Å². The van der Waals surface area contributed by atoms with Gasteiger partial charge in [0.1, 0.15) is 0 Å². The predicted octanol–water partition coefficient (Wildman–Crippen LogP) is 1.45. The summed E-state index contributed by atoms with van der Waals surface area (Å²) in [7, 11) is 3.75. The number of benzene rings is 1. The molecule has 1 amide bonds. The molecule has 0 unspecified atom stereocenters. The molecule has 100 valence electrons. The monoisotopic (exact) mass is 249 g/mol. The molecule has 0 radical (unpaired) electrons. The van der Waals surface area contributed by atoms with Crippen LogP contribution in [0.4, 0.5) is 5.69 Å². The highest BCUT2D eigenvalue weighted by Gasteiger charge is 2.14. The summed E-state index contributed by atoms with van der Waals surface area (Å²) in [6, 6.07) is 8.19. The minimum absolute atomic E-state index is 0.121. The Kier molecular flexibility index (Phi) is 5.16. The van der Waals surface area contributed by atoms with Crippen LogP contribution in [-0.4, -0.2) is 37.5 Å². The Hall–Kier alpha value is -1.55. The Morgan fingerprint density at radius 3 is 2.22 bits per heavy atom. The van der Waals surface area contributed by atoms with E-state index in [2.05, 4.69) is 0 Å². The van der Waals surface area contributed by atoms with Crippen LogP contribution >= 0.6 is 0 Å². The average molecular weight is 249 g/mol. The van der Waals surface area contributed by atoms with Gasteiger partial charge in [-0.15, -0.1) is 0 Å². The lowest BCUT2D eigenvalue weighted by Gasteiger charge is -2.26. The normalized spacial score (nSPS) is 10.6. The van der Waals surface area contributed by atoms with Crippen LogP contribution in [0.3, 0.4) is 0 Å². The molecule has 0 saturated heterocycles. The highest BCUT2D eigenvalue weighted by atomic mass is 16.2. The number of nitrogens with zero attached hydrogens (tertiary/aromatic N) is 2. The Morgan fingerprint density at radius 2 is 1.78 bits per heavy atom. The van der Waals surface area contributed by atoms with Gasteiger partial charge in [0.15, 0.2) is 0 Å². The van der Waals surface area contributed by atoms with E-state index in [0.717, 1.165) is 11.3 Å². The molecule has 0 aliphatic heterocycles. The summed E-state index contributed by atoms with van der Waals surface area (Å²) in [6.07, 6.45) is 0. The smallest absolute Gasteiger partial charge is 0.242 e. The summed E-state index contributed by atoms with van der Waals surface area (Å²) in [4.78, 5) is 15.7. The molecule has 0 saturated carbocycles. The maximum absolute atomic E-state index is 12.0.